The maximum absolute atomic E-state index is 12.0. The number of carbonyl (C=O) groups excluding carboxylic acids is 2. The number of anilines is 1. The smallest absolute Gasteiger partial charge is 0.407 e. The van der Waals surface area contributed by atoms with Gasteiger partial charge in [-0.25, -0.2) is 4.79 Å². The van der Waals surface area contributed by atoms with Crippen molar-refractivity contribution in [2.45, 2.75) is 38.8 Å². The minimum atomic E-state index is -0.546. The number of aromatic nitrogens is 2. The molecule has 0 bridgehead atoms. The summed E-state index contributed by atoms with van der Waals surface area (Å²) in [5.74, 6) is -0.0286. The molecule has 1 aromatic heterocycles. The van der Waals surface area contributed by atoms with Crippen LogP contribution in [0.3, 0.4) is 0 Å². The molecule has 2 amide bonds. The van der Waals surface area contributed by atoms with Gasteiger partial charge in [0.05, 0.1) is 17.9 Å². The standard InChI is InChI=1S/C13H20N4O3/c1-13(2,3)20-12(19)15-9-5-11(18)17(7-9)10-6-14-16(4)8-10/h6,8-9H,5,7H2,1-4H3,(H,15,19). The van der Waals surface area contributed by atoms with Gasteiger partial charge in [-0.15, -0.1) is 0 Å². The van der Waals surface area contributed by atoms with E-state index in [1.54, 1.807) is 49.8 Å². The largest absolute Gasteiger partial charge is 0.444 e. The summed E-state index contributed by atoms with van der Waals surface area (Å²) < 4.78 is 6.82. The Morgan fingerprint density at radius 3 is 2.75 bits per heavy atom. The molecule has 0 aliphatic carbocycles. The van der Waals surface area contributed by atoms with Gasteiger partial charge in [0.1, 0.15) is 5.60 Å². The predicted octanol–water partition coefficient (Wildman–Crippen LogP) is 1.05. The first-order chi connectivity index (χ1) is 9.24. The molecule has 2 rings (SSSR count). The molecule has 1 N–H and O–H groups in total. The van der Waals surface area contributed by atoms with Crippen LogP contribution in [0.1, 0.15) is 27.2 Å². The van der Waals surface area contributed by atoms with E-state index in [2.05, 4.69) is 10.4 Å². The van der Waals surface area contributed by atoms with Crippen LogP contribution in [-0.4, -0.2) is 40.0 Å². The molecule has 0 aromatic carbocycles. The first-order valence-electron chi connectivity index (χ1n) is 6.53. The van der Waals surface area contributed by atoms with Crippen LogP contribution in [-0.2, 0) is 16.6 Å². The third-order valence-electron chi connectivity index (χ3n) is 2.85. The van der Waals surface area contributed by atoms with Crippen LogP contribution < -0.4 is 10.2 Å². The Labute approximate surface area is 117 Å². The van der Waals surface area contributed by atoms with Gasteiger partial charge in [-0.1, -0.05) is 0 Å². The molecule has 7 nitrogen and oxygen atoms in total. The number of amides is 2. The lowest BCUT2D eigenvalue weighted by atomic mass is 10.2. The number of nitrogens with one attached hydrogen (secondary N) is 1. The van der Waals surface area contributed by atoms with Gasteiger partial charge in [0.15, 0.2) is 0 Å². The average Bonchev–Trinajstić information content (AvgIpc) is 2.82. The fraction of sp³-hybridized carbons (Fsp3) is 0.615. The Kier molecular flexibility index (Phi) is 3.69. The summed E-state index contributed by atoms with van der Waals surface area (Å²) in [5, 5.41) is 6.76. The number of hydrogen-bond acceptors (Lipinski definition) is 4. The number of hydrogen-bond donors (Lipinski definition) is 1. The molecule has 1 aliphatic rings. The van der Waals surface area contributed by atoms with Gasteiger partial charge in [-0.3, -0.25) is 9.48 Å². The van der Waals surface area contributed by atoms with Crippen molar-refractivity contribution in [3.8, 4) is 0 Å². The molecule has 0 spiro atoms. The topological polar surface area (TPSA) is 76.5 Å². The molecule has 1 fully saturated rings. The van der Waals surface area contributed by atoms with Gasteiger partial charge in [-0.05, 0) is 20.8 Å². The zero-order valence-electron chi connectivity index (χ0n) is 12.2. The van der Waals surface area contributed by atoms with Gasteiger partial charge in [0, 0.05) is 26.2 Å². The summed E-state index contributed by atoms with van der Waals surface area (Å²) in [4.78, 5) is 25.3. The number of alkyl carbamates (subject to hydrolysis) is 1. The van der Waals surface area contributed by atoms with Gasteiger partial charge >= 0.3 is 6.09 Å². The van der Waals surface area contributed by atoms with Crippen molar-refractivity contribution in [2.75, 3.05) is 11.4 Å². The summed E-state index contributed by atoms with van der Waals surface area (Å²) in [6.07, 6.45) is 3.18. The van der Waals surface area contributed by atoms with Gasteiger partial charge in [0.25, 0.3) is 0 Å². The fourth-order valence-corrected chi connectivity index (χ4v) is 2.08. The van der Waals surface area contributed by atoms with Gasteiger partial charge in [-0.2, -0.15) is 5.10 Å². The molecule has 20 heavy (non-hydrogen) atoms. The fourth-order valence-electron chi connectivity index (χ4n) is 2.08. The SMILES string of the molecule is Cn1cc(N2CC(NC(=O)OC(C)(C)C)CC2=O)cn1. The second-order valence-electron chi connectivity index (χ2n) is 5.92. The molecule has 0 radical (unpaired) electrons. The van der Waals surface area contributed by atoms with E-state index < -0.39 is 11.7 Å². The molecule has 1 aromatic rings. The van der Waals surface area contributed by atoms with E-state index in [1.165, 1.54) is 0 Å². The van der Waals surface area contributed by atoms with Crippen molar-refractivity contribution in [3.63, 3.8) is 0 Å². The highest BCUT2D eigenvalue weighted by Crippen LogP contribution is 2.20. The minimum Gasteiger partial charge on any atom is -0.444 e. The summed E-state index contributed by atoms with van der Waals surface area (Å²) >= 11 is 0. The summed E-state index contributed by atoms with van der Waals surface area (Å²) in [7, 11) is 1.79. The lowest BCUT2D eigenvalue weighted by Gasteiger charge is -2.21. The highest BCUT2D eigenvalue weighted by molar-refractivity contribution is 5.96. The molecule has 1 aliphatic heterocycles. The van der Waals surface area contributed by atoms with Crippen LogP contribution in [0.25, 0.3) is 0 Å². The molecule has 1 atom stereocenters. The second-order valence-corrected chi connectivity index (χ2v) is 5.92. The van der Waals surface area contributed by atoms with Crippen LogP contribution in [0.5, 0.6) is 0 Å². The van der Waals surface area contributed by atoms with Crippen molar-refractivity contribution < 1.29 is 14.3 Å². The van der Waals surface area contributed by atoms with Gasteiger partial charge < -0.3 is 15.0 Å². The Morgan fingerprint density at radius 2 is 2.20 bits per heavy atom. The Balaban J connectivity index is 1.94. The number of carbonyl (C=O) groups is 2. The molecule has 0 saturated carbocycles. The number of ether oxygens (including phenoxy) is 1. The average molecular weight is 280 g/mol. The lowest BCUT2D eigenvalue weighted by Crippen LogP contribution is -2.40. The Bertz CT molecular complexity index is 518. The quantitative estimate of drug-likeness (QED) is 0.878. The zero-order chi connectivity index (χ0) is 14.9. The Morgan fingerprint density at radius 1 is 1.50 bits per heavy atom. The molecule has 1 saturated heterocycles. The number of nitrogens with zero attached hydrogens (tertiary/aromatic N) is 3. The minimum absolute atomic E-state index is 0.0286. The van der Waals surface area contributed by atoms with E-state index in [0.29, 0.717) is 6.54 Å². The van der Waals surface area contributed by atoms with Crippen molar-refractivity contribution in [3.05, 3.63) is 12.4 Å². The number of aryl methyl sites for hydroxylation is 1. The van der Waals surface area contributed by atoms with Crippen molar-refractivity contribution >= 4 is 17.7 Å². The molecule has 7 heteroatoms. The normalized spacial score (nSPS) is 19.3. The molecular formula is C13H20N4O3. The van der Waals surface area contributed by atoms with Crippen LogP contribution in [0.15, 0.2) is 12.4 Å². The highest BCUT2D eigenvalue weighted by Gasteiger charge is 2.33. The van der Waals surface area contributed by atoms with E-state index in [9.17, 15) is 9.59 Å². The maximum Gasteiger partial charge on any atom is 0.407 e. The lowest BCUT2D eigenvalue weighted by molar-refractivity contribution is -0.117. The first kappa shape index (κ1) is 14.4. The second kappa shape index (κ2) is 5.15. The van der Waals surface area contributed by atoms with Crippen molar-refractivity contribution in [1.82, 2.24) is 15.1 Å². The Hall–Kier alpha value is -2.05. The van der Waals surface area contributed by atoms with Gasteiger partial charge in [0.2, 0.25) is 5.91 Å². The summed E-state index contributed by atoms with van der Waals surface area (Å²) in [6.45, 7) is 5.83. The molecule has 2 heterocycles. The van der Waals surface area contributed by atoms with E-state index >= 15 is 0 Å². The third-order valence-corrected chi connectivity index (χ3v) is 2.85. The summed E-state index contributed by atoms with van der Waals surface area (Å²) in [6, 6.07) is -0.238. The number of rotatable bonds is 2. The highest BCUT2D eigenvalue weighted by atomic mass is 16.6. The molecule has 1 unspecified atom stereocenters. The monoisotopic (exact) mass is 280 g/mol. The van der Waals surface area contributed by atoms with Crippen molar-refractivity contribution in [2.24, 2.45) is 7.05 Å². The van der Waals surface area contributed by atoms with Crippen LogP contribution in [0.2, 0.25) is 0 Å². The van der Waals surface area contributed by atoms with E-state index in [-0.39, 0.29) is 18.4 Å². The van der Waals surface area contributed by atoms with Crippen LogP contribution >= 0.6 is 0 Å². The first-order valence-corrected chi connectivity index (χ1v) is 6.53. The van der Waals surface area contributed by atoms with Crippen LogP contribution in [0, 0.1) is 0 Å². The third kappa shape index (κ3) is 3.49. The van der Waals surface area contributed by atoms with Crippen LogP contribution in [0.4, 0.5) is 10.5 Å². The van der Waals surface area contributed by atoms with E-state index in [4.69, 9.17) is 4.74 Å². The predicted molar refractivity (Wildman–Crippen MR) is 73.3 cm³/mol. The van der Waals surface area contributed by atoms with E-state index in [1.807, 2.05) is 0 Å². The maximum atomic E-state index is 12.0. The molecular weight excluding hydrogens is 260 g/mol. The zero-order valence-corrected chi connectivity index (χ0v) is 12.2. The van der Waals surface area contributed by atoms with Crippen molar-refractivity contribution in [1.29, 1.82) is 0 Å². The summed E-state index contributed by atoms with van der Waals surface area (Å²) in [5.41, 5.74) is 0.196. The van der Waals surface area contributed by atoms with E-state index in [0.717, 1.165) is 5.69 Å². The molecule has 110 valence electrons.